The molecule has 2 atom stereocenters. The van der Waals surface area contributed by atoms with Crippen LogP contribution in [0.25, 0.3) is 0 Å². The molecule has 0 saturated carbocycles. The summed E-state index contributed by atoms with van der Waals surface area (Å²) >= 11 is 0. The van der Waals surface area contributed by atoms with E-state index in [4.69, 9.17) is 4.74 Å². The van der Waals surface area contributed by atoms with Gasteiger partial charge in [0, 0.05) is 6.54 Å². The molecule has 1 fully saturated rings. The minimum Gasteiger partial charge on any atom is -0.439 e. The van der Waals surface area contributed by atoms with E-state index in [2.05, 4.69) is 0 Å². The zero-order chi connectivity index (χ0) is 14.2. The van der Waals surface area contributed by atoms with Gasteiger partial charge in [0.05, 0.1) is 11.6 Å². The zero-order valence-electron chi connectivity index (χ0n) is 10.6. The Hall–Kier alpha value is -1.72. The second kappa shape index (κ2) is 4.75. The Bertz CT molecular complexity index is 487. The van der Waals surface area contributed by atoms with Crippen LogP contribution in [0.1, 0.15) is 31.1 Å². The topological polar surface area (TPSA) is 29.5 Å². The molecule has 0 unspecified atom stereocenters. The van der Waals surface area contributed by atoms with Gasteiger partial charge < -0.3 is 9.64 Å². The number of rotatable bonds is 2. The Morgan fingerprint density at radius 2 is 2.05 bits per heavy atom. The molecular formula is C13H14F3NO2. The number of nitrogens with zero attached hydrogens (tertiary/aromatic N) is 1. The molecule has 0 N–H and O–H groups in total. The molecular weight excluding hydrogens is 259 g/mol. The highest BCUT2D eigenvalue weighted by Crippen LogP contribution is 2.35. The highest BCUT2D eigenvalue weighted by atomic mass is 19.4. The number of hydrogen-bond acceptors (Lipinski definition) is 2. The summed E-state index contributed by atoms with van der Waals surface area (Å²) in [5.74, 6) is 0. The average Bonchev–Trinajstić information content (AvgIpc) is 2.63. The lowest BCUT2D eigenvalue weighted by atomic mass is 10.0. The maximum Gasteiger partial charge on any atom is 0.416 e. The van der Waals surface area contributed by atoms with Crippen LogP contribution in [0.5, 0.6) is 0 Å². The molecule has 19 heavy (non-hydrogen) atoms. The molecule has 0 spiro atoms. The largest absolute Gasteiger partial charge is 0.439 e. The van der Waals surface area contributed by atoms with Crippen LogP contribution in [0.2, 0.25) is 0 Å². The lowest BCUT2D eigenvalue weighted by Crippen LogP contribution is -2.31. The Balaban J connectivity index is 2.31. The molecule has 0 aliphatic carbocycles. The van der Waals surface area contributed by atoms with Gasteiger partial charge in [0.25, 0.3) is 0 Å². The molecule has 1 aliphatic heterocycles. The van der Waals surface area contributed by atoms with Crippen molar-refractivity contribution in [1.82, 2.24) is 4.90 Å². The third kappa shape index (κ3) is 2.52. The molecule has 0 aromatic heterocycles. The fourth-order valence-corrected chi connectivity index (χ4v) is 2.26. The van der Waals surface area contributed by atoms with E-state index in [0.717, 1.165) is 12.1 Å². The van der Waals surface area contributed by atoms with E-state index >= 15 is 0 Å². The van der Waals surface area contributed by atoms with Crippen molar-refractivity contribution in [3.05, 3.63) is 35.4 Å². The smallest absolute Gasteiger partial charge is 0.416 e. The first-order chi connectivity index (χ1) is 8.84. The Labute approximate surface area is 109 Å². The standard InChI is InChI=1S/C13H14F3NO2/c1-3-17-8(2)11(19-12(17)18)9-5-4-6-10(7-9)13(14,15)16/h4-8,11H,3H2,1-2H3/t8-,11-/m0/s1. The van der Waals surface area contributed by atoms with Gasteiger partial charge in [0.15, 0.2) is 0 Å². The number of cyclic esters (lactones) is 1. The molecule has 3 nitrogen and oxygen atoms in total. The number of alkyl halides is 3. The summed E-state index contributed by atoms with van der Waals surface area (Å²) in [5, 5.41) is 0. The van der Waals surface area contributed by atoms with Gasteiger partial charge in [-0.15, -0.1) is 0 Å². The summed E-state index contributed by atoms with van der Waals surface area (Å²) in [6, 6.07) is 4.63. The summed E-state index contributed by atoms with van der Waals surface area (Å²) in [4.78, 5) is 13.1. The molecule has 0 radical (unpaired) electrons. The van der Waals surface area contributed by atoms with Crippen LogP contribution >= 0.6 is 0 Å². The normalized spacial score (nSPS) is 23.6. The van der Waals surface area contributed by atoms with E-state index in [-0.39, 0.29) is 6.04 Å². The molecule has 1 heterocycles. The van der Waals surface area contributed by atoms with Crippen LogP contribution in [0.15, 0.2) is 24.3 Å². The molecule has 1 aromatic rings. The first-order valence-electron chi connectivity index (χ1n) is 5.99. The quantitative estimate of drug-likeness (QED) is 0.823. The van der Waals surface area contributed by atoms with E-state index in [0.29, 0.717) is 12.1 Å². The van der Waals surface area contributed by atoms with Crippen molar-refractivity contribution in [2.45, 2.75) is 32.2 Å². The first-order valence-corrected chi connectivity index (χ1v) is 5.99. The van der Waals surface area contributed by atoms with Crippen molar-refractivity contribution in [1.29, 1.82) is 0 Å². The van der Waals surface area contributed by atoms with Crippen LogP contribution in [0, 0.1) is 0 Å². The van der Waals surface area contributed by atoms with Gasteiger partial charge >= 0.3 is 12.3 Å². The SMILES string of the molecule is CCN1C(=O)O[C@H](c2cccc(C(F)(F)F)c2)[C@@H]1C. The first kappa shape index (κ1) is 13.7. The number of hydrogen-bond donors (Lipinski definition) is 0. The van der Waals surface area contributed by atoms with Crippen molar-refractivity contribution < 1.29 is 22.7 Å². The number of amides is 1. The lowest BCUT2D eigenvalue weighted by Gasteiger charge is -2.19. The molecule has 6 heteroatoms. The minimum atomic E-state index is -4.40. The monoisotopic (exact) mass is 273 g/mol. The maximum absolute atomic E-state index is 12.7. The highest BCUT2D eigenvalue weighted by Gasteiger charge is 2.39. The molecule has 1 aliphatic rings. The summed E-state index contributed by atoms with van der Waals surface area (Å²) in [7, 11) is 0. The second-order valence-electron chi connectivity index (χ2n) is 4.45. The predicted octanol–water partition coefficient (Wildman–Crippen LogP) is 3.61. The summed E-state index contributed by atoms with van der Waals surface area (Å²) in [5.41, 5.74) is -0.366. The molecule has 1 saturated heterocycles. The number of likely N-dealkylation sites (N-methyl/N-ethyl adjacent to an activating group) is 1. The van der Waals surface area contributed by atoms with Gasteiger partial charge in [-0.25, -0.2) is 4.79 Å². The van der Waals surface area contributed by atoms with Crippen molar-refractivity contribution in [3.8, 4) is 0 Å². The van der Waals surface area contributed by atoms with Crippen LogP contribution in [-0.2, 0) is 10.9 Å². The molecule has 2 rings (SSSR count). The number of carbonyl (C=O) groups is 1. The number of benzene rings is 1. The number of carbonyl (C=O) groups excluding carboxylic acids is 1. The number of halogens is 3. The Morgan fingerprint density at radius 1 is 1.37 bits per heavy atom. The molecule has 1 amide bonds. The van der Waals surface area contributed by atoms with E-state index in [9.17, 15) is 18.0 Å². The van der Waals surface area contributed by atoms with E-state index < -0.39 is 23.9 Å². The zero-order valence-corrected chi connectivity index (χ0v) is 10.6. The fourth-order valence-electron chi connectivity index (χ4n) is 2.26. The van der Waals surface area contributed by atoms with Gasteiger partial charge in [-0.05, 0) is 31.5 Å². The van der Waals surface area contributed by atoms with Crippen LogP contribution in [0.4, 0.5) is 18.0 Å². The second-order valence-corrected chi connectivity index (χ2v) is 4.45. The highest BCUT2D eigenvalue weighted by molar-refractivity contribution is 5.71. The van der Waals surface area contributed by atoms with Crippen LogP contribution < -0.4 is 0 Å². The summed E-state index contributed by atoms with van der Waals surface area (Å²) < 4.78 is 43.1. The molecule has 104 valence electrons. The average molecular weight is 273 g/mol. The lowest BCUT2D eigenvalue weighted by molar-refractivity contribution is -0.137. The summed E-state index contributed by atoms with van der Waals surface area (Å²) in [6.07, 6.45) is -5.54. The van der Waals surface area contributed by atoms with Gasteiger partial charge in [-0.2, -0.15) is 13.2 Å². The number of ether oxygens (including phenoxy) is 1. The van der Waals surface area contributed by atoms with E-state index in [1.807, 2.05) is 0 Å². The van der Waals surface area contributed by atoms with Gasteiger partial charge in [-0.3, -0.25) is 0 Å². The van der Waals surface area contributed by atoms with Crippen molar-refractivity contribution >= 4 is 6.09 Å². The Kier molecular flexibility index (Phi) is 3.43. The van der Waals surface area contributed by atoms with E-state index in [1.165, 1.54) is 11.0 Å². The predicted molar refractivity (Wildman–Crippen MR) is 62.5 cm³/mol. The summed E-state index contributed by atoms with van der Waals surface area (Å²) in [6.45, 7) is 4.03. The third-order valence-electron chi connectivity index (χ3n) is 3.28. The van der Waals surface area contributed by atoms with Crippen molar-refractivity contribution in [2.75, 3.05) is 6.54 Å². The van der Waals surface area contributed by atoms with Crippen molar-refractivity contribution in [3.63, 3.8) is 0 Å². The van der Waals surface area contributed by atoms with E-state index in [1.54, 1.807) is 19.9 Å². The van der Waals surface area contributed by atoms with Gasteiger partial charge in [-0.1, -0.05) is 12.1 Å². The third-order valence-corrected chi connectivity index (χ3v) is 3.28. The van der Waals surface area contributed by atoms with Crippen LogP contribution in [0.3, 0.4) is 0 Å². The maximum atomic E-state index is 12.7. The molecule has 0 bridgehead atoms. The van der Waals surface area contributed by atoms with Crippen LogP contribution in [-0.4, -0.2) is 23.6 Å². The molecule has 1 aromatic carbocycles. The fraction of sp³-hybridized carbons (Fsp3) is 0.462. The van der Waals surface area contributed by atoms with Gasteiger partial charge in [0.1, 0.15) is 6.10 Å². The Morgan fingerprint density at radius 3 is 2.58 bits per heavy atom. The minimum absolute atomic E-state index is 0.277. The van der Waals surface area contributed by atoms with Gasteiger partial charge in [0.2, 0.25) is 0 Å². The van der Waals surface area contributed by atoms with Crippen molar-refractivity contribution in [2.24, 2.45) is 0 Å².